The molecule has 0 aromatic heterocycles. The van der Waals surface area contributed by atoms with Crippen molar-refractivity contribution in [2.24, 2.45) is 5.92 Å². The molecule has 0 spiro atoms. The van der Waals surface area contributed by atoms with Gasteiger partial charge < -0.3 is 20.0 Å². The van der Waals surface area contributed by atoms with E-state index in [0.717, 1.165) is 6.07 Å². The van der Waals surface area contributed by atoms with Gasteiger partial charge in [-0.1, -0.05) is 13.8 Å². The molecule has 0 atom stereocenters. The quantitative estimate of drug-likeness (QED) is 0.633. The second-order valence-electron chi connectivity index (χ2n) is 4.23. The average molecular weight is 264 g/mol. The van der Waals surface area contributed by atoms with Crippen LogP contribution in [0.1, 0.15) is 31.1 Å². The molecule has 0 aliphatic heterocycles. The van der Waals surface area contributed by atoms with Crippen LogP contribution in [0, 0.1) is 5.92 Å². The number of benzene rings is 1. The van der Waals surface area contributed by atoms with Crippen LogP contribution in [-0.2, 0) is 9.59 Å². The van der Waals surface area contributed by atoms with E-state index in [1.54, 1.807) is 13.8 Å². The number of aromatic carboxylic acids is 1. The number of anilines is 1. The van der Waals surface area contributed by atoms with Gasteiger partial charge in [0.05, 0.1) is 11.7 Å². The van der Waals surface area contributed by atoms with E-state index < -0.39 is 11.9 Å². The summed E-state index contributed by atoms with van der Waals surface area (Å²) in [4.78, 5) is 33.3. The van der Waals surface area contributed by atoms with Crippen molar-refractivity contribution < 1.29 is 24.2 Å². The lowest BCUT2D eigenvalue weighted by atomic mass is 10.1. The molecule has 0 heterocycles. The zero-order valence-corrected chi connectivity index (χ0v) is 10.9. The fraction of sp³-hybridized carbons (Fsp3) is 0.308. The third-order valence-corrected chi connectivity index (χ3v) is 2.25. The molecule has 6 heteroatoms. The van der Waals surface area contributed by atoms with Gasteiger partial charge in [-0.15, -0.1) is 0 Å². The Morgan fingerprint density at radius 3 is 2.37 bits per heavy atom. The van der Waals surface area contributed by atoms with Crippen molar-refractivity contribution in [3.05, 3.63) is 23.8 Å². The van der Waals surface area contributed by atoms with Crippen molar-refractivity contribution in [1.82, 2.24) is 0 Å². The minimum absolute atomic E-state index is 0.0780. The number of hydrogen-bond donors (Lipinski definition) is 1. The van der Waals surface area contributed by atoms with Gasteiger partial charge >= 0.3 is 5.97 Å². The van der Waals surface area contributed by atoms with Crippen LogP contribution in [-0.4, -0.2) is 17.8 Å². The van der Waals surface area contributed by atoms with E-state index in [1.165, 1.54) is 19.1 Å². The molecule has 1 aromatic rings. The summed E-state index contributed by atoms with van der Waals surface area (Å²) in [6, 6.07) is 3.88. The summed E-state index contributed by atoms with van der Waals surface area (Å²) >= 11 is 0. The fourth-order valence-electron chi connectivity index (χ4n) is 1.31. The number of rotatable bonds is 4. The first-order valence-corrected chi connectivity index (χ1v) is 5.66. The maximum atomic E-state index is 11.5. The van der Waals surface area contributed by atoms with E-state index in [9.17, 15) is 19.5 Å². The van der Waals surface area contributed by atoms with Crippen LogP contribution in [0.5, 0.6) is 5.75 Å². The third-order valence-electron chi connectivity index (χ3n) is 2.25. The van der Waals surface area contributed by atoms with E-state index in [0.29, 0.717) is 0 Å². The number of carbonyl (C=O) groups is 3. The number of ether oxygens (including phenoxy) is 1. The largest absolute Gasteiger partial charge is 0.545 e. The normalized spacial score (nSPS) is 10.1. The second-order valence-corrected chi connectivity index (χ2v) is 4.23. The highest BCUT2D eigenvalue weighted by molar-refractivity contribution is 6.00. The Kier molecular flexibility index (Phi) is 4.63. The lowest BCUT2D eigenvalue weighted by Gasteiger charge is -2.14. The molecule has 6 nitrogen and oxygen atoms in total. The molecule has 0 aliphatic carbocycles. The van der Waals surface area contributed by atoms with E-state index in [-0.39, 0.29) is 28.8 Å². The fourth-order valence-corrected chi connectivity index (χ4v) is 1.31. The lowest BCUT2D eigenvalue weighted by Crippen LogP contribution is -2.26. The Labute approximate surface area is 110 Å². The molecular weight excluding hydrogens is 250 g/mol. The van der Waals surface area contributed by atoms with Gasteiger partial charge in [0.2, 0.25) is 5.91 Å². The van der Waals surface area contributed by atoms with Crippen molar-refractivity contribution >= 4 is 23.5 Å². The summed E-state index contributed by atoms with van der Waals surface area (Å²) in [5, 5.41) is 13.5. The van der Waals surface area contributed by atoms with Crippen LogP contribution in [0.3, 0.4) is 0 Å². The molecule has 0 saturated heterocycles. The third kappa shape index (κ3) is 4.09. The van der Waals surface area contributed by atoms with E-state index in [2.05, 4.69) is 5.32 Å². The van der Waals surface area contributed by atoms with Crippen LogP contribution >= 0.6 is 0 Å². The minimum Gasteiger partial charge on any atom is -0.545 e. The average Bonchev–Trinajstić information content (AvgIpc) is 2.29. The standard InChI is InChI=1S/C13H15NO5/c1-7(2)12(16)14-11-5-4-9(19-8(3)15)6-10(11)13(17)18/h4-7H,1-3H3,(H,14,16)(H,17,18)/p-1. The number of amides is 1. The molecule has 0 aliphatic rings. The Morgan fingerprint density at radius 1 is 1.26 bits per heavy atom. The predicted octanol–water partition coefficient (Wildman–Crippen LogP) is 0.570. The molecule has 0 bridgehead atoms. The number of esters is 1. The van der Waals surface area contributed by atoms with Crippen LogP contribution in [0.15, 0.2) is 18.2 Å². The summed E-state index contributed by atoms with van der Waals surface area (Å²) in [5.74, 6) is -2.56. The first-order chi connectivity index (χ1) is 8.81. The Hall–Kier alpha value is -2.37. The van der Waals surface area contributed by atoms with Gasteiger partial charge in [0.15, 0.2) is 0 Å². The van der Waals surface area contributed by atoms with E-state index in [1.807, 2.05) is 0 Å². The highest BCUT2D eigenvalue weighted by Gasteiger charge is 2.12. The van der Waals surface area contributed by atoms with Gasteiger partial charge in [0, 0.05) is 18.4 Å². The monoisotopic (exact) mass is 264 g/mol. The molecule has 1 N–H and O–H groups in total. The first-order valence-electron chi connectivity index (χ1n) is 5.66. The molecule has 0 saturated carbocycles. The molecule has 0 fully saturated rings. The van der Waals surface area contributed by atoms with Gasteiger partial charge in [-0.3, -0.25) is 9.59 Å². The number of hydrogen-bond acceptors (Lipinski definition) is 5. The SMILES string of the molecule is CC(=O)Oc1ccc(NC(=O)C(C)C)c(C(=O)[O-])c1. The minimum atomic E-state index is -1.46. The molecule has 1 rings (SSSR count). The van der Waals surface area contributed by atoms with Crippen LogP contribution < -0.4 is 15.2 Å². The summed E-state index contributed by atoms with van der Waals surface area (Å²) in [7, 11) is 0. The number of carboxylic acid groups (broad SMARTS) is 1. The van der Waals surface area contributed by atoms with Gasteiger partial charge in [-0.2, -0.15) is 0 Å². The van der Waals surface area contributed by atoms with Crippen LogP contribution in [0.4, 0.5) is 5.69 Å². The predicted molar refractivity (Wildman–Crippen MR) is 65.5 cm³/mol. The molecule has 1 amide bonds. The van der Waals surface area contributed by atoms with E-state index in [4.69, 9.17) is 4.74 Å². The molecular formula is C13H14NO5-. The van der Waals surface area contributed by atoms with Crippen LogP contribution in [0.2, 0.25) is 0 Å². The zero-order valence-electron chi connectivity index (χ0n) is 10.9. The topological polar surface area (TPSA) is 95.5 Å². The summed E-state index contributed by atoms with van der Waals surface area (Å²) < 4.78 is 4.77. The highest BCUT2D eigenvalue weighted by atomic mass is 16.5. The molecule has 19 heavy (non-hydrogen) atoms. The Balaban J connectivity index is 3.08. The van der Waals surface area contributed by atoms with Gasteiger partial charge in [0.25, 0.3) is 0 Å². The van der Waals surface area contributed by atoms with Crippen molar-refractivity contribution in [3.63, 3.8) is 0 Å². The van der Waals surface area contributed by atoms with E-state index >= 15 is 0 Å². The molecule has 102 valence electrons. The van der Waals surface area contributed by atoms with Gasteiger partial charge in [0.1, 0.15) is 5.75 Å². The maximum Gasteiger partial charge on any atom is 0.308 e. The van der Waals surface area contributed by atoms with Crippen molar-refractivity contribution in [1.29, 1.82) is 0 Å². The molecule has 0 unspecified atom stereocenters. The van der Waals surface area contributed by atoms with Gasteiger partial charge in [-0.05, 0) is 18.2 Å². The number of carboxylic acids is 1. The smallest absolute Gasteiger partial charge is 0.308 e. The number of nitrogens with one attached hydrogen (secondary N) is 1. The number of carbonyl (C=O) groups excluding carboxylic acids is 3. The van der Waals surface area contributed by atoms with Crippen LogP contribution in [0.25, 0.3) is 0 Å². The summed E-state index contributed by atoms with van der Waals surface area (Å²) in [6.45, 7) is 4.57. The Morgan fingerprint density at radius 2 is 1.89 bits per heavy atom. The molecule has 0 radical (unpaired) electrons. The maximum absolute atomic E-state index is 11.5. The second kappa shape index (κ2) is 5.99. The Bertz CT molecular complexity index is 522. The lowest BCUT2D eigenvalue weighted by molar-refractivity contribution is -0.254. The molecule has 1 aromatic carbocycles. The summed E-state index contributed by atoms with van der Waals surface area (Å²) in [5.41, 5.74) is -0.137. The summed E-state index contributed by atoms with van der Waals surface area (Å²) in [6.07, 6.45) is 0. The van der Waals surface area contributed by atoms with Crippen molar-refractivity contribution in [2.75, 3.05) is 5.32 Å². The van der Waals surface area contributed by atoms with Crippen molar-refractivity contribution in [2.45, 2.75) is 20.8 Å². The first kappa shape index (κ1) is 14.7. The zero-order chi connectivity index (χ0) is 14.6. The highest BCUT2D eigenvalue weighted by Crippen LogP contribution is 2.22. The van der Waals surface area contributed by atoms with Crippen molar-refractivity contribution in [3.8, 4) is 5.75 Å². The van der Waals surface area contributed by atoms with Gasteiger partial charge in [-0.25, -0.2) is 0 Å².